The van der Waals surface area contributed by atoms with E-state index in [0.717, 1.165) is 66.4 Å². The average Bonchev–Trinajstić information content (AvgIpc) is 2.79. The van der Waals surface area contributed by atoms with E-state index in [1.807, 2.05) is 30.3 Å². The van der Waals surface area contributed by atoms with Gasteiger partial charge < -0.3 is 14.4 Å². The molecule has 2 aliphatic rings. The van der Waals surface area contributed by atoms with Crippen LogP contribution in [0.1, 0.15) is 23.6 Å². The number of ether oxygens (including phenoxy) is 2. The second-order valence-corrected chi connectivity index (χ2v) is 8.37. The Morgan fingerprint density at radius 2 is 1.97 bits per heavy atom. The molecule has 0 bridgehead atoms. The van der Waals surface area contributed by atoms with Crippen LogP contribution < -0.4 is 0 Å². The number of morpholine rings is 1. The fourth-order valence-corrected chi connectivity index (χ4v) is 4.41. The van der Waals surface area contributed by atoms with Gasteiger partial charge in [-0.3, -0.25) is 9.69 Å². The molecule has 0 saturated carbocycles. The van der Waals surface area contributed by atoms with E-state index in [4.69, 9.17) is 14.5 Å². The minimum absolute atomic E-state index is 0.102. The molecule has 1 saturated heterocycles. The number of hydrogen-bond acceptors (Lipinski definition) is 6. The highest BCUT2D eigenvalue weighted by molar-refractivity contribution is 9.10. The topological polar surface area (TPSA) is 54.4 Å². The average molecular weight is 472 g/mol. The first-order valence-corrected chi connectivity index (χ1v) is 11.0. The van der Waals surface area contributed by atoms with Crippen LogP contribution in [0.3, 0.4) is 0 Å². The zero-order valence-corrected chi connectivity index (χ0v) is 18.7. The van der Waals surface area contributed by atoms with Gasteiger partial charge in [-0.1, -0.05) is 46.3 Å². The summed E-state index contributed by atoms with van der Waals surface area (Å²) in [7, 11) is 1.43. The lowest BCUT2D eigenvalue weighted by molar-refractivity contribution is -0.141. The molecule has 0 amide bonds. The van der Waals surface area contributed by atoms with E-state index in [9.17, 15) is 4.79 Å². The number of hydrogen-bond donors (Lipinski definition) is 0. The van der Waals surface area contributed by atoms with Gasteiger partial charge in [0.05, 0.1) is 32.1 Å². The zero-order valence-electron chi connectivity index (χ0n) is 17.1. The van der Waals surface area contributed by atoms with E-state index in [1.54, 1.807) is 0 Å². The van der Waals surface area contributed by atoms with Crippen molar-refractivity contribution in [3.63, 3.8) is 0 Å². The first kappa shape index (κ1) is 21.0. The number of fused-ring (bicyclic) bond motifs is 1. The van der Waals surface area contributed by atoms with Crippen LogP contribution in [-0.4, -0.2) is 68.1 Å². The van der Waals surface area contributed by atoms with E-state index in [1.165, 1.54) is 7.11 Å². The largest absolute Gasteiger partial charge is 0.468 e. The number of benzene rings is 2. The first-order chi connectivity index (χ1) is 14.7. The second kappa shape index (κ2) is 9.73. The Kier molecular flexibility index (Phi) is 6.82. The van der Waals surface area contributed by atoms with E-state index in [-0.39, 0.29) is 18.6 Å². The Bertz CT molecular complexity index is 913. The molecule has 0 radical (unpaired) electrons. The molecule has 7 heteroatoms. The molecule has 6 nitrogen and oxygen atoms in total. The number of carbonyl (C=O) groups is 1. The van der Waals surface area contributed by atoms with Crippen LogP contribution in [0.15, 0.2) is 58.0 Å². The third kappa shape index (κ3) is 4.74. The van der Waals surface area contributed by atoms with Crippen LogP contribution in [0, 0.1) is 0 Å². The van der Waals surface area contributed by atoms with Crippen molar-refractivity contribution in [1.82, 2.24) is 9.80 Å². The van der Waals surface area contributed by atoms with E-state index >= 15 is 0 Å². The fraction of sp³-hybridized carbons (Fsp3) is 0.391. The fourth-order valence-electron chi connectivity index (χ4n) is 4.03. The molecule has 2 heterocycles. The van der Waals surface area contributed by atoms with Gasteiger partial charge in [0.15, 0.2) is 0 Å². The van der Waals surface area contributed by atoms with Crippen LogP contribution in [0.2, 0.25) is 0 Å². The van der Waals surface area contributed by atoms with Gasteiger partial charge in [0, 0.05) is 36.1 Å². The maximum absolute atomic E-state index is 12.3. The summed E-state index contributed by atoms with van der Waals surface area (Å²) in [5, 5.41) is 0. The van der Waals surface area contributed by atoms with Gasteiger partial charge in [-0.05, 0) is 23.8 Å². The molecule has 158 valence electrons. The van der Waals surface area contributed by atoms with Gasteiger partial charge in [-0.2, -0.15) is 0 Å². The van der Waals surface area contributed by atoms with Crippen molar-refractivity contribution >= 4 is 33.4 Å². The number of nitrogens with zero attached hydrogens (tertiary/aromatic N) is 3. The predicted octanol–water partition coefficient (Wildman–Crippen LogP) is 3.78. The van der Waals surface area contributed by atoms with Gasteiger partial charge in [0.1, 0.15) is 12.4 Å². The number of halogens is 1. The molecule has 2 aliphatic heterocycles. The van der Waals surface area contributed by atoms with Crippen molar-refractivity contribution in [3.8, 4) is 0 Å². The molecule has 0 N–H and O–H groups in total. The summed E-state index contributed by atoms with van der Waals surface area (Å²) < 4.78 is 11.5. The highest BCUT2D eigenvalue weighted by Crippen LogP contribution is 2.40. The summed E-state index contributed by atoms with van der Waals surface area (Å²) in [4.78, 5) is 21.8. The Balaban J connectivity index is 1.71. The molecule has 30 heavy (non-hydrogen) atoms. The third-order valence-electron chi connectivity index (χ3n) is 5.57. The first-order valence-electron chi connectivity index (χ1n) is 10.2. The van der Waals surface area contributed by atoms with E-state index in [2.05, 4.69) is 43.9 Å². The maximum atomic E-state index is 12.3. The number of esters is 1. The highest BCUT2D eigenvalue weighted by Gasteiger charge is 2.33. The van der Waals surface area contributed by atoms with Gasteiger partial charge in [0.2, 0.25) is 0 Å². The van der Waals surface area contributed by atoms with Crippen molar-refractivity contribution in [2.75, 3.05) is 46.5 Å². The SMILES string of the molecule is COC(=O)CN1C(CCN2CCOCC2)=Nc2ccc(Br)cc2[C@H]1c1ccccc1. The van der Waals surface area contributed by atoms with Gasteiger partial charge in [0.25, 0.3) is 0 Å². The maximum Gasteiger partial charge on any atom is 0.325 e. The quantitative estimate of drug-likeness (QED) is 0.600. The standard InChI is InChI=1S/C23H26BrN3O3/c1-29-22(28)16-27-21(9-10-26-11-13-30-14-12-26)25-20-8-7-18(24)15-19(20)23(27)17-5-3-2-4-6-17/h2-8,15,23H,9-14,16H2,1H3/t23-/m1/s1. The van der Waals surface area contributed by atoms with E-state index in [0.29, 0.717) is 0 Å². The van der Waals surface area contributed by atoms with Gasteiger partial charge >= 0.3 is 5.97 Å². The molecule has 1 fully saturated rings. The molecule has 0 aliphatic carbocycles. The number of methoxy groups -OCH3 is 1. The van der Waals surface area contributed by atoms with Crippen molar-refractivity contribution in [3.05, 3.63) is 64.1 Å². The van der Waals surface area contributed by atoms with Crippen molar-refractivity contribution in [2.45, 2.75) is 12.5 Å². The lowest BCUT2D eigenvalue weighted by Crippen LogP contribution is -2.44. The Morgan fingerprint density at radius 3 is 2.70 bits per heavy atom. The lowest BCUT2D eigenvalue weighted by Gasteiger charge is -2.39. The van der Waals surface area contributed by atoms with Crippen LogP contribution >= 0.6 is 15.9 Å². The minimum atomic E-state index is -0.270. The highest BCUT2D eigenvalue weighted by atomic mass is 79.9. The number of carbonyl (C=O) groups excluding carboxylic acids is 1. The predicted molar refractivity (Wildman–Crippen MR) is 120 cm³/mol. The Morgan fingerprint density at radius 1 is 1.20 bits per heavy atom. The van der Waals surface area contributed by atoms with Gasteiger partial charge in [-0.25, -0.2) is 4.99 Å². The molecule has 2 aromatic carbocycles. The summed E-state index contributed by atoms with van der Waals surface area (Å²) in [6, 6.07) is 16.3. The molecule has 0 spiro atoms. The van der Waals surface area contributed by atoms with Crippen molar-refractivity contribution in [2.24, 2.45) is 4.99 Å². The van der Waals surface area contributed by atoms with Crippen LogP contribution in [0.4, 0.5) is 5.69 Å². The van der Waals surface area contributed by atoms with Crippen LogP contribution in [-0.2, 0) is 14.3 Å². The molecule has 1 atom stereocenters. The second-order valence-electron chi connectivity index (χ2n) is 7.45. The minimum Gasteiger partial charge on any atom is -0.468 e. The normalized spacial score (nSPS) is 19.2. The molecule has 4 rings (SSSR count). The van der Waals surface area contributed by atoms with Crippen molar-refractivity contribution < 1.29 is 14.3 Å². The number of aliphatic imine (C=N–C) groups is 1. The van der Waals surface area contributed by atoms with Crippen LogP contribution in [0.5, 0.6) is 0 Å². The summed E-state index contributed by atoms with van der Waals surface area (Å²) >= 11 is 3.60. The molecule has 0 aromatic heterocycles. The Labute approximate surface area is 185 Å². The van der Waals surface area contributed by atoms with Gasteiger partial charge in [-0.15, -0.1) is 0 Å². The van der Waals surface area contributed by atoms with Crippen molar-refractivity contribution in [1.29, 1.82) is 0 Å². The zero-order chi connectivity index (χ0) is 20.9. The van der Waals surface area contributed by atoms with Crippen LogP contribution in [0.25, 0.3) is 0 Å². The Hall–Kier alpha value is -2.22. The summed E-state index contributed by atoms with van der Waals surface area (Å²) in [6.07, 6.45) is 0.760. The molecule has 0 unspecified atom stereocenters. The number of rotatable bonds is 6. The smallest absolute Gasteiger partial charge is 0.325 e. The number of amidine groups is 1. The third-order valence-corrected chi connectivity index (χ3v) is 6.07. The molecule has 2 aromatic rings. The summed E-state index contributed by atoms with van der Waals surface area (Å²) in [5.74, 6) is 0.643. The monoisotopic (exact) mass is 471 g/mol. The lowest BCUT2D eigenvalue weighted by atomic mass is 9.93. The molecular weight excluding hydrogens is 446 g/mol. The molecular formula is C23H26BrN3O3. The van der Waals surface area contributed by atoms with E-state index < -0.39 is 0 Å². The summed E-state index contributed by atoms with van der Waals surface area (Å²) in [6.45, 7) is 4.42. The summed E-state index contributed by atoms with van der Waals surface area (Å²) in [5.41, 5.74) is 3.15.